The van der Waals surface area contributed by atoms with E-state index >= 15 is 0 Å². The van der Waals surface area contributed by atoms with E-state index in [1.807, 2.05) is 6.07 Å². The molecule has 2 saturated heterocycles. The fourth-order valence-electron chi connectivity index (χ4n) is 3.05. The summed E-state index contributed by atoms with van der Waals surface area (Å²) in [6.45, 7) is 2.90. The van der Waals surface area contributed by atoms with Crippen LogP contribution >= 0.6 is 0 Å². The SMILES string of the molecule is O=C1NC(=O)[C@@H](C2CCN(Cc3ccccc3)CC2)N1. The highest BCUT2D eigenvalue weighted by atomic mass is 16.2. The van der Waals surface area contributed by atoms with Crippen molar-refractivity contribution in [3.05, 3.63) is 35.9 Å². The molecule has 5 heteroatoms. The largest absolute Gasteiger partial charge is 0.326 e. The number of amides is 3. The van der Waals surface area contributed by atoms with Crippen LogP contribution in [0.15, 0.2) is 30.3 Å². The van der Waals surface area contributed by atoms with Crippen LogP contribution in [0.5, 0.6) is 0 Å². The number of carbonyl (C=O) groups excluding carboxylic acids is 2. The Morgan fingerprint density at radius 1 is 1.10 bits per heavy atom. The van der Waals surface area contributed by atoms with Crippen LogP contribution in [0.2, 0.25) is 0 Å². The van der Waals surface area contributed by atoms with Crippen molar-refractivity contribution in [2.45, 2.75) is 25.4 Å². The molecule has 0 unspecified atom stereocenters. The molecule has 1 aromatic rings. The van der Waals surface area contributed by atoms with E-state index in [4.69, 9.17) is 0 Å². The first-order valence-corrected chi connectivity index (χ1v) is 7.10. The number of imide groups is 1. The van der Waals surface area contributed by atoms with Gasteiger partial charge < -0.3 is 5.32 Å². The number of benzene rings is 1. The first kappa shape index (κ1) is 13.1. The molecule has 2 N–H and O–H groups in total. The Balaban J connectivity index is 1.52. The van der Waals surface area contributed by atoms with E-state index in [0.717, 1.165) is 32.5 Å². The fraction of sp³-hybridized carbons (Fsp3) is 0.467. The smallest absolute Gasteiger partial charge is 0.322 e. The summed E-state index contributed by atoms with van der Waals surface area (Å²) in [6, 6.07) is 9.72. The van der Waals surface area contributed by atoms with Crippen LogP contribution in [-0.2, 0) is 11.3 Å². The molecule has 2 fully saturated rings. The van der Waals surface area contributed by atoms with E-state index in [1.54, 1.807) is 0 Å². The van der Waals surface area contributed by atoms with Crippen LogP contribution in [0.25, 0.3) is 0 Å². The third-order valence-corrected chi connectivity index (χ3v) is 4.16. The summed E-state index contributed by atoms with van der Waals surface area (Å²) in [5.41, 5.74) is 1.32. The number of likely N-dealkylation sites (tertiary alicyclic amines) is 1. The Morgan fingerprint density at radius 3 is 2.40 bits per heavy atom. The molecule has 2 heterocycles. The van der Waals surface area contributed by atoms with Crippen LogP contribution < -0.4 is 10.6 Å². The number of rotatable bonds is 3. The topological polar surface area (TPSA) is 61.4 Å². The lowest BCUT2D eigenvalue weighted by Gasteiger charge is -2.33. The van der Waals surface area contributed by atoms with Crippen LogP contribution in [0.1, 0.15) is 18.4 Å². The van der Waals surface area contributed by atoms with Crippen molar-refractivity contribution < 1.29 is 9.59 Å². The Labute approximate surface area is 118 Å². The van der Waals surface area contributed by atoms with Crippen molar-refractivity contribution in [3.8, 4) is 0 Å². The highest BCUT2D eigenvalue weighted by Gasteiger charge is 2.37. The zero-order valence-electron chi connectivity index (χ0n) is 11.3. The average Bonchev–Trinajstić information content (AvgIpc) is 2.80. The zero-order valence-corrected chi connectivity index (χ0v) is 11.3. The fourth-order valence-corrected chi connectivity index (χ4v) is 3.05. The molecule has 20 heavy (non-hydrogen) atoms. The number of hydrogen-bond donors (Lipinski definition) is 2. The molecule has 106 valence electrons. The van der Waals surface area contributed by atoms with Gasteiger partial charge in [-0.2, -0.15) is 0 Å². The number of hydrogen-bond acceptors (Lipinski definition) is 3. The third-order valence-electron chi connectivity index (χ3n) is 4.16. The molecule has 2 aliphatic rings. The minimum atomic E-state index is -0.355. The summed E-state index contributed by atoms with van der Waals surface area (Å²) >= 11 is 0. The van der Waals surface area contributed by atoms with Crippen LogP contribution in [0.4, 0.5) is 4.79 Å². The van der Waals surface area contributed by atoms with Crippen molar-refractivity contribution in [2.75, 3.05) is 13.1 Å². The molecule has 0 radical (unpaired) electrons. The van der Waals surface area contributed by atoms with E-state index < -0.39 is 0 Å². The normalized spacial score (nSPS) is 24.5. The maximum absolute atomic E-state index is 11.6. The molecule has 3 rings (SSSR count). The van der Waals surface area contributed by atoms with Gasteiger partial charge in [0.2, 0.25) is 0 Å². The third kappa shape index (κ3) is 2.82. The van der Waals surface area contributed by atoms with Crippen LogP contribution in [0, 0.1) is 5.92 Å². The summed E-state index contributed by atoms with van der Waals surface area (Å²) in [6.07, 6.45) is 1.90. The highest BCUT2D eigenvalue weighted by Crippen LogP contribution is 2.23. The second-order valence-electron chi connectivity index (χ2n) is 5.54. The summed E-state index contributed by atoms with van der Waals surface area (Å²) in [5, 5.41) is 5.03. The van der Waals surface area contributed by atoms with Gasteiger partial charge in [0, 0.05) is 6.54 Å². The Bertz CT molecular complexity index is 495. The van der Waals surface area contributed by atoms with Gasteiger partial charge in [-0.25, -0.2) is 4.79 Å². The molecular weight excluding hydrogens is 254 g/mol. The van der Waals surface area contributed by atoms with Gasteiger partial charge in [0.15, 0.2) is 0 Å². The molecule has 0 saturated carbocycles. The Morgan fingerprint density at radius 2 is 1.80 bits per heavy atom. The van der Waals surface area contributed by atoms with E-state index in [2.05, 4.69) is 39.8 Å². The number of piperidine rings is 1. The average molecular weight is 273 g/mol. The standard InChI is InChI=1S/C15H19N3O2/c19-14-13(16-15(20)17-14)12-6-8-18(9-7-12)10-11-4-2-1-3-5-11/h1-5,12-13H,6-10H2,(H2,16,17,19,20)/t13-/m1/s1. The lowest BCUT2D eigenvalue weighted by atomic mass is 9.89. The lowest BCUT2D eigenvalue weighted by molar-refractivity contribution is -0.121. The summed E-state index contributed by atoms with van der Waals surface area (Å²) < 4.78 is 0. The van der Waals surface area contributed by atoms with E-state index in [-0.39, 0.29) is 23.9 Å². The molecule has 0 spiro atoms. The molecule has 0 aliphatic carbocycles. The Hall–Kier alpha value is -1.88. The number of nitrogens with one attached hydrogen (secondary N) is 2. The quantitative estimate of drug-likeness (QED) is 0.811. The van der Waals surface area contributed by atoms with Gasteiger partial charge in [0.25, 0.3) is 5.91 Å². The lowest BCUT2D eigenvalue weighted by Crippen LogP contribution is -2.43. The molecule has 0 aromatic heterocycles. The molecule has 1 aromatic carbocycles. The number of urea groups is 1. The van der Waals surface area contributed by atoms with Gasteiger partial charge in [0.05, 0.1) is 0 Å². The van der Waals surface area contributed by atoms with E-state index in [0.29, 0.717) is 0 Å². The van der Waals surface area contributed by atoms with Gasteiger partial charge >= 0.3 is 6.03 Å². The Kier molecular flexibility index (Phi) is 3.69. The highest BCUT2D eigenvalue weighted by molar-refractivity contribution is 6.04. The minimum absolute atomic E-state index is 0.170. The predicted molar refractivity (Wildman–Crippen MR) is 74.9 cm³/mol. The van der Waals surface area contributed by atoms with Crippen molar-refractivity contribution in [3.63, 3.8) is 0 Å². The van der Waals surface area contributed by atoms with Gasteiger partial charge in [-0.15, -0.1) is 0 Å². The number of carbonyl (C=O) groups is 2. The maximum atomic E-state index is 11.6. The zero-order chi connectivity index (χ0) is 13.9. The van der Waals surface area contributed by atoms with Crippen LogP contribution in [-0.4, -0.2) is 36.0 Å². The van der Waals surface area contributed by atoms with Gasteiger partial charge in [-0.1, -0.05) is 30.3 Å². The monoisotopic (exact) mass is 273 g/mol. The number of nitrogens with zero attached hydrogens (tertiary/aromatic N) is 1. The molecular formula is C15H19N3O2. The first-order chi connectivity index (χ1) is 9.72. The molecule has 1 atom stereocenters. The van der Waals surface area contributed by atoms with Gasteiger partial charge in [0.1, 0.15) is 6.04 Å². The van der Waals surface area contributed by atoms with Gasteiger partial charge in [-0.3, -0.25) is 15.0 Å². The molecule has 5 nitrogen and oxygen atoms in total. The van der Waals surface area contributed by atoms with Crippen molar-refractivity contribution in [1.29, 1.82) is 0 Å². The molecule has 0 bridgehead atoms. The van der Waals surface area contributed by atoms with Crippen molar-refractivity contribution >= 4 is 11.9 Å². The minimum Gasteiger partial charge on any atom is -0.326 e. The predicted octanol–water partition coefficient (Wildman–Crippen LogP) is 1.11. The van der Waals surface area contributed by atoms with Crippen molar-refractivity contribution in [1.82, 2.24) is 15.5 Å². The maximum Gasteiger partial charge on any atom is 0.322 e. The summed E-state index contributed by atoms with van der Waals surface area (Å²) in [7, 11) is 0. The summed E-state index contributed by atoms with van der Waals surface area (Å²) in [4.78, 5) is 25.2. The summed E-state index contributed by atoms with van der Waals surface area (Å²) in [5.74, 6) is 0.0879. The van der Waals surface area contributed by atoms with E-state index in [9.17, 15) is 9.59 Å². The molecule has 2 aliphatic heterocycles. The van der Waals surface area contributed by atoms with Crippen LogP contribution in [0.3, 0.4) is 0 Å². The second kappa shape index (κ2) is 5.63. The first-order valence-electron chi connectivity index (χ1n) is 7.10. The molecule has 3 amide bonds. The van der Waals surface area contributed by atoms with Crippen molar-refractivity contribution in [2.24, 2.45) is 5.92 Å². The second-order valence-corrected chi connectivity index (χ2v) is 5.54. The van der Waals surface area contributed by atoms with Gasteiger partial charge in [-0.05, 0) is 37.4 Å². The van der Waals surface area contributed by atoms with E-state index in [1.165, 1.54) is 5.56 Å².